The third-order valence-electron chi connectivity index (χ3n) is 4.69. The van der Waals surface area contributed by atoms with Crippen molar-refractivity contribution in [3.8, 4) is 0 Å². The maximum absolute atomic E-state index is 6.05. The summed E-state index contributed by atoms with van der Waals surface area (Å²) in [6.07, 6.45) is 4.27. The summed E-state index contributed by atoms with van der Waals surface area (Å²) in [7, 11) is 3.88. The Balaban J connectivity index is 0.00000243. The Bertz CT molecular complexity index is 756. The zero-order chi connectivity index (χ0) is 17.8. The molecule has 26 heavy (non-hydrogen) atoms. The van der Waals surface area contributed by atoms with Crippen molar-refractivity contribution in [1.29, 1.82) is 0 Å². The second-order valence-corrected chi connectivity index (χ2v) is 6.75. The molecule has 1 N–H and O–H groups in total. The molecule has 1 aliphatic heterocycles. The summed E-state index contributed by atoms with van der Waals surface area (Å²) in [6, 6.07) is 8.70. The van der Waals surface area contributed by atoms with Crippen LogP contribution in [0.5, 0.6) is 0 Å². The third kappa shape index (κ3) is 5.01. The summed E-state index contributed by atoms with van der Waals surface area (Å²) in [4.78, 5) is 6.76. The minimum atomic E-state index is 0. The number of halogens is 1. The zero-order valence-corrected chi connectivity index (χ0v) is 18.4. The lowest BCUT2D eigenvalue weighted by Gasteiger charge is -2.35. The number of aliphatic imine (C=N–C) groups is 1. The number of guanidine groups is 1. The van der Waals surface area contributed by atoms with E-state index in [0.717, 1.165) is 25.6 Å². The fourth-order valence-electron chi connectivity index (χ4n) is 3.40. The number of hydrogen-bond acceptors (Lipinski definition) is 2. The number of rotatable bonds is 3. The Morgan fingerprint density at radius 3 is 2.77 bits per heavy atom. The van der Waals surface area contributed by atoms with E-state index in [-0.39, 0.29) is 30.1 Å². The molecule has 1 fully saturated rings. The average Bonchev–Trinajstić information content (AvgIpc) is 3.01. The Morgan fingerprint density at radius 2 is 2.12 bits per heavy atom. The summed E-state index contributed by atoms with van der Waals surface area (Å²) < 4.78 is 8.11. The van der Waals surface area contributed by atoms with E-state index in [9.17, 15) is 0 Å². The normalized spacial score (nSPS) is 17.8. The molecule has 1 aromatic heterocycles. The molecule has 3 rings (SSSR count). The Morgan fingerprint density at radius 1 is 1.31 bits per heavy atom. The van der Waals surface area contributed by atoms with Gasteiger partial charge >= 0.3 is 0 Å². The first-order chi connectivity index (χ1) is 12.1. The predicted molar refractivity (Wildman–Crippen MR) is 117 cm³/mol. The zero-order valence-electron chi connectivity index (χ0n) is 16.0. The van der Waals surface area contributed by atoms with Crippen LogP contribution in [0.3, 0.4) is 0 Å². The van der Waals surface area contributed by atoms with Crippen molar-refractivity contribution in [2.24, 2.45) is 12.0 Å². The molecule has 1 unspecified atom stereocenters. The van der Waals surface area contributed by atoms with Gasteiger partial charge in [0, 0.05) is 39.6 Å². The van der Waals surface area contributed by atoms with Crippen LogP contribution in [0.4, 0.5) is 0 Å². The minimum absolute atomic E-state index is 0. The van der Waals surface area contributed by atoms with Crippen LogP contribution >= 0.6 is 24.0 Å². The van der Waals surface area contributed by atoms with E-state index in [0.29, 0.717) is 6.61 Å². The van der Waals surface area contributed by atoms with Gasteiger partial charge < -0.3 is 19.5 Å². The van der Waals surface area contributed by atoms with Gasteiger partial charge in [-0.1, -0.05) is 23.8 Å². The van der Waals surface area contributed by atoms with Crippen LogP contribution in [-0.2, 0) is 18.3 Å². The smallest absolute Gasteiger partial charge is 0.194 e. The highest BCUT2D eigenvalue weighted by Gasteiger charge is 2.25. The Hall–Kier alpha value is -1.54. The molecule has 1 saturated heterocycles. The number of hydrogen-bond donors (Lipinski definition) is 1. The molecule has 1 aromatic carbocycles. The van der Waals surface area contributed by atoms with E-state index in [1.165, 1.54) is 22.3 Å². The highest BCUT2D eigenvalue weighted by molar-refractivity contribution is 14.0. The van der Waals surface area contributed by atoms with Gasteiger partial charge in [0.25, 0.3) is 0 Å². The van der Waals surface area contributed by atoms with Crippen molar-refractivity contribution < 1.29 is 4.74 Å². The standard InChI is InChI=1S/C20H28N4O.HI/c1-15-5-6-18(16(2)11-15)19-14-24(9-10-25-19)20(21-3)22-12-17-7-8-23(4)13-17;/h5-8,11,13,19H,9-10,12,14H2,1-4H3,(H,21,22);1H. The molecular formula is C20H29IN4O. The van der Waals surface area contributed by atoms with E-state index in [4.69, 9.17) is 4.74 Å². The molecule has 2 heterocycles. The van der Waals surface area contributed by atoms with Gasteiger partial charge in [0.2, 0.25) is 0 Å². The molecule has 0 aliphatic carbocycles. The lowest BCUT2D eigenvalue weighted by atomic mass is 10.00. The monoisotopic (exact) mass is 468 g/mol. The van der Waals surface area contributed by atoms with E-state index >= 15 is 0 Å². The van der Waals surface area contributed by atoms with Crippen LogP contribution in [0.1, 0.15) is 28.4 Å². The number of benzene rings is 1. The maximum atomic E-state index is 6.05. The number of nitrogens with one attached hydrogen (secondary N) is 1. The number of ether oxygens (including phenoxy) is 1. The molecular weight excluding hydrogens is 439 g/mol. The number of nitrogens with zero attached hydrogens (tertiary/aromatic N) is 3. The van der Waals surface area contributed by atoms with Crippen LogP contribution < -0.4 is 5.32 Å². The molecule has 0 radical (unpaired) electrons. The minimum Gasteiger partial charge on any atom is -0.370 e. The molecule has 142 valence electrons. The Labute approximate surface area is 173 Å². The number of aryl methyl sites for hydroxylation is 3. The van der Waals surface area contributed by atoms with Crippen molar-refractivity contribution in [3.05, 3.63) is 58.9 Å². The van der Waals surface area contributed by atoms with E-state index in [1.54, 1.807) is 0 Å². The van der Waals surface area contributed by atoms with Crippen molar-refractivity contribution in [2.75, 3.05) is 26.7 Å². The number of aromatic nitrogens is 1. The molecule has 0 amide bonds. The summed E-state index contributed by atoms with van der Waals surface area (Å²) in [5.74, 6) is 0.932. The van der Waals surface area contributed by atoms with E-state index < -0.39 is 0 Å². The molecule has 0 saturated carbocycles. The topological polar surface area (TPSA) is 41.8 Å². The maximum Gasteiger partial charge on any atom is 0.194 e. The summed E-state index contributed by atoms with van der Waals surface area (Å²) in [5.41, 5.74) is 5.10. The van der Waals surface area contributed by atoms with Gasteiger partial charge in [0.1, 0.15) is 6.10 Å². The van der Waals surface area contributed by atoms with Gasteiger partial charge in [0.05, 0.1) is 13.2 Å². The molecule has 5 nitrogen and oxygen atoms in total. The van der Waals surface area contributed by atoms with Crippen LogP contribution in [0.2, 0.25) is 0 Å². The lowest BCUT2D eigenvalue weighted by Crippen LogP contribution is -2.48. The molecule has 0 spiro atoms. The van der Waals surface area contributed by atoms with E-state index in [1.807, 2.05) is 14.1 Å². The van der Waals surface area contributed by atoms with Gasteiger partial charge in [-0.3, -0.25) is 4.99 Å². The van der Waals surface area contributed by atoms with Crippen LogP contribution in [0.15, 0.2) is 41.7 Å². The second-order valence-electron chi connectivity index (χ2n) is 6.75. The second kappa shape index (κ2) is 9.41. The summed E-state index contributed by atoms with van der Waals surface area (Å²) in [6.45, 7) is 7.45. The van der Waals surface area contributed by atoms with Crippen LogP contribution in [0.25, 0.3) is 0 Å². The molecule has 6 heteroatoms. The first-order valence-electron chi connectivity index (χ1n) is 8.82. The fraction of sp³-hybridized carbons (Fsp3) is 0.450. The molecule has 2 aromatic rings. The van der Waals surface area contributed by atoms with Crippen molar-refractivity contribution in [1.82, 2.24) is 14.8 Å². The quantitative estimate of drug-likeness (QED) is 0.427. The summed E-state index contributed by atoms with van der Waals surface area (Å²) >= 11 is 0. The largest absolute Gasteiger partial charge is 0.370 e. The highest BCUT2D eigenvalue weighted by Crippen LogP contribution is 2.25. The first-order valence-corrected chi connectivity index (χ1v) is 8.82. The SMILES string of the molecule is CN=C(NCc1ccn(C)c1)N1CCOC(c2ccc(C)cc2C)C1.I. The van der Waals surface area contributed by atoms with Crippen molar-refractivity contribution in [3.63, 3.8) is 0 Å². The molecule has 0 bridgehead atoms. The van der Waals surface area contributed by atoms with Crippen molar-refractivity contribution in [2.45, 2.75) is 26.5 Å². The van der Waals surface area contributed by atoms with Gasteiger partial charge in [-0.2, -0.15) is 0 Å². The molecule has 1 atom stereocenters. The van der Waals surface area contributed by atoms with Crippen LogP contribution in [0, 0.1) is 13.8 Å². The van der Waals surface area contributed by atoms with Gasteiger partial charge in [0.15, 0.2) is 5.96 Å². The van der Waals surface area contributed by atoms with Gasteiger partial charge in [-0.15, -0.1) is 24.0 Å². The highest BCUT2D eigenvalue weighted by atomic mass is 127. The first kappa shape index (κ1) is 20.8. The van der Waals surface area contributed by atoms with E-state index in [2.05, 4.69) is 70.3 Å². The Kier molecular flexibility index (Phi) is 7.52. The summed E-state index contributed by atoms with van der Waals surface area (Å²) in [5, 5.41) is 3.47. The molecule has 1 aliphatic rings. The van der Waals surface area contributed by atoms with Crippen LogP contribution in [-0.4, -0.2) is 42.2 Å². The van der Waals surface area contributed by atoms with Gasteiger partial charge in [-0.25, -0.2) is 0 Å². The third-order valence-corrected chi connectivity index (χ3v) is 4.69. The fourth-order valence-corrected chi connectivity index (χ4v) is 3.40. The predicted octanol–water partition coefficient (Wildman–Crippen LogP) is 3.41. The van der Waals surface area contributed by atoms with Gasteiger partial charge in [-0.05, 0) is 36.6 Å². The average molecular weight is 468 g/mol. The van der Waals surface area contributed by atoms with Crippen molar-refractivity contribution >= 4 is 29.9 Å². The number of morpholine rings is 1. The lowest BCUT2D eigenvalue weighted by molar-refractivity contribution is -0.00834.